The zero-order valence-corrected chi connectivity index (χ0v) is 13.0. The molecule has 2 fully saturated rings. The number of methoxy groups -OCH3 is 1. The highest BCUT2D eigenvalue weighted by Crippen LogP contribution is 2.40. The fourth-order valence-corrected chi connectivity index (χ4v) is 3.02. The van der Waals surface area contributed by atoms with Crippen molar-refractivity contribution in [1.82, 2.24) is 4.90 Å². The maximum atomic E-state index is 10.0. The van der Waals surface area contributed by atoms with Crippen molar-refractivity contribution in [2.45, 2.75) is 43.8 Å². The number of likely N-dealkylation sites (N-methyl/N-ethyl adjacent to an activating group) is 1. The Balaban J connectivity index is 1.69. The van der Waals surface area contributed by atoms with E-state index in [9.17, 15) is 5.11 Å². The van der Waals surface area contributed by atoms with Crippen molar-refractivity contribution in [2.75, 3.05) is 27.2 Å². The van der Waals surface area contributed by atoms with E-state index in [0.717, 1.165) is 49.4 Å². The molecule has 4 nitrogen and oxygen atoms in total. The van der Waals surface area contributed by atoms with Crippen molar-refractivity contribution in [3.8, 4) is 11.5 Å². The summed E-state index contributed by atoms with van der Waals surface area (Å²) < 4.78 is 11.6. The van der Waals surface area contributed by atoms with Gasteiger partial charge in [0.25, 0.3) is 0 Å². The number of ether oxygens (including phenoxy) is 2. The van der Waals surface area contributed by atoms with Crippen LogP contribution in [0.1, 0.15) is 31.2 Å². The Kier molecular flexibility index (Phi) is 4.09. The zero-order valence-electron chi connectivity index (χ0n) is 13.0. The summed E-state index contributed by atoms with van der Waals surface area (Å²) in [5.74, 6) is 1.58. The first-order valence-electron chi connectivity index (χ1n) is 7.82. The first-order chi connectivity index (χ1) is 10.1. The van der Waals surface area contributed by atoms with Crippen molar-refractivity contribution in [2.24, 2.45) is 0 Å². The van der Waals surface area contributed by atoms with Crippen LogP contribution in [0.4, 0.5) is 0 Å². The largest absolute Gasteiger partial charge is 0.493 e. The lowest BCUT2D eigenvalue weighted by atomic mass is 10.1. The fourth-order valence-electron chi connectivity index (χ4n) is 3.02. The molecular weight excluding hydrogens is 266 g/mol. The van der Waals surface area contributed by atoms with Gasteiger partial charge in [0.1, 0.15) is 6.10 Å². The van der Waals surface area contributed by atoms with Crippen LogP contribution in [0.25, 0.3) is 0 Å². The molecule has 1 atom stereocenters. The molecule has 1 unspecified atom stereocenters. The van der Waals surface area contributed by atoms with Crippen LogP contribution in [0, 0.1) is 0 Å². The molecule has 2 aliphatic rings. The maximum absolute atomic E-state index is 10.0. The molecule has 4 heteroatoms. The molecule has 1 N–H and O–H groups in total. The predicted molar refractivity (Wildman–Crippen MR) is 82.0 cm³/mol. The number of nitrogens with zero attached hydrogens (tertiary/aromatic N) is 1. The molecule has 1 aromatic carbocycles. The Bertz CT molecular complexity index is 499. The van der Waals surface area contributed by atoms with Crippen molar-refractivity contribution in [1.29, 1.82) is 0 Å². The van der Waals surface area contributed by atoms with E-state index in [1.54, 1.807) is 7.11 Å². The van der Waals surface area contributed by atoms with E-state index in [0.29, 0.717) is 6.42 Å². The van der Waals surface area contributed by atoms with Gasteiger partial charge < -0.3 is 19.5 Å². The van der Waals surface area contributed by atoms with Gasteiger partial charge in [-0.1, -0.05) is 6.07 Å². The van der Waals surface area contributed by atoms with Gasteiger partial charge in [-0.25, -0.2) is 0 Å². The molecule has 0 amide bonds. The fraction of sp³-hybridized carbons (Fsp3) is 0.647. The summed E-state index contributed by atoms with van der Waals surface area (Å²) in [6, 6.07) is 6.02. The summed E-state index contributed by atoms with van der Waals surface area (Å²) in [5, 5.41) is 10.0. The van der Waals surface area contributed by atoms with Gasteiger partial charge in [-0.05, 0) is 57.0 Å². The summed E-state index contributed by atoms with van der Waals surface area (Å²) in [7, 11) is 3.80. The molecule has 0 aromatic heterocycles. The Morgan fingerprint density at radius 3 is 2.81 bits per heavy atom. The van der Waals surface area contributed by atoms with Gasteiger partial charge in [-0.3, -0.25) is 0 Å². The standard InChI is InChI=1S/C17H25NO3/c1-18-9-3-4-14(12-18)21-15-6-5-13(10-16(15)20-2)11-17(19)7-8-17/h5-6,10,14,19H,3-4,7-9,11-12H2,1-2H3. The molecular formula is C17H25NO3. The molecule has 116 valence electrons. The molecule has 0 spiro atoms. The predicted octanol–water partition coefficient (Wildman–Crippen LogP) is 2.24. The van der Waals surface area contributed by atoms with E-state index < -0.39 is 5.60 Å². The molecule has 1 saturated carbocycles. The van der Waals surface area contributed by atoms with Crippen molar-refractivity contribution < 1.29 is 14.6 Å². The number of piperidine rings is 1. The first kappa shape index (κ1) is 14.7. The summed E-state index contributed by atoms with van der Waals surface area (Å²) in [5.41, 5.74) is 0.638. The van der Waals surface area contributed by atoms with Crippen molar-refractivity contribution >= 4 is 0 Å². The van der Waals surface area contributed by atoms with E-state index in [1.807, 2.05) is 18.2 Å². The number of hydrogen-bond acceptors (Lipinski definition) is 4. The first-order valence-corrected chi connectivity index (χ1v) is 7.82. The topological polar surface area (TPSA) is 41.9 Å². The van der Waals surface area contributed by atoms with Gasteiger partial charge in [0.2, 0.25) is 0 Å². The number of aliphatic hydroxyl groups is 1. The minimum absolute atomic E-state index is 0.233. The lowest BCUT2D eigenvalue weighted by molar-refractivity contribution is 0.101. The Labute approximate surface area is 126 Å². The Morgan fingerprint density at radius 2 is 2.14 bits per heavy atom. The van der Waals surface area contributed by atoms with Crippen LogP contribution < -0.4 is 9.47 Å². The lowest BCUT2D eigenvalue weighted by Gasteiger charge is -2.30. The smallest absolute Gasteiger partial charge is 0.161 e. The van der Waals surface area contributed by atoms with Crippen LogP contribution >= 0.6 is 0 Å². The highest BCUT2D eigenvalue weighted by molar-refractivity contribution is 5.43. The number of rotatable bonds is 5. The van der Waals surface area contributed by atoms with Crippen molar-refractivity contribution in [3.63, 3.8) is 0 Å². The molecule has 3 rings (SSSR count). The van der Waals surface area contributed by atoms with Gasteiger partial charge in [0, 0.05) is 13.0 Å². The summed E-state index contributed by atoms with van der Waals surface area (Å²) >= 11 is 0. The quantitative estimate of drug-likeness (QED) is 0.903. The third kappa shape index (κ3) is 3.69. The zero-order chi connectivity index (χ0) is 14.9. The minimum atomic E-state index is -0.473. The summed E-state index contributed by atoms with van der Waals surface area (Å²) in [6.45, 7) is 2.11. The number of hydrogen-bond donors (Lipinski definition) is 1. The van der Waals surface area contributed by atoms with Crippen molar-refractivity contribution in [3.05, 3.63) is 23.8 Å². The van der Waals surface area contributed by atoms with E-state index in [-0.39, 0.29) is 6.10 Å². The lowest BCUT2D eigenvalue weighted by Crippen LogP contribution is -2.38. The number of likely N-dealkylation sites (tertiary alicyclic amines) is 1. The second-order valence-corrected chi connectivity index (χ2v) is 6.53. The molecule has 0 bridgehead atoms. The van der Waals surface area contributed by atoms with Gasteiger partial charge in [-0.2, -0.15) is 0 Å². The summed E-state index contributed by atoms with van der Waals surface area (Å²) in [6.07, 6.45) is 5.01. The molecule has 1 aromatic rings. The average Bonchev–Trinajstić information content (AvgIpc) is 3.18. The van der Waals surface area contributed by atoms with E-state index in [4.69, 9.17) is 9.47 Å². The minimum Gasteiger partial charge on any atom is -0.493 e. The highest BCUT2D eigenvalue weighted by atomic mass is 16.5. The van der Waals surface area contributed by atoms with Gasteiger partial charge in [0.15, 0.2) is 11.5 Å². The molecule has 1 heterocycles. The highest BCUT2D eigenvalue weighted by Gasteiger charge is 2.40. The molecule has 0 radical (unpaired) electrons. The van der Waals surface area contributed by atoms with Crippen LogP contribution in [0.5, 0.6) is 11.5 Å². The van der Waals surface area contributed by atoms with Gasteiger partial charge in [-0.15, -0.1) is 0 Å². The van der Waals surface area contributed by atoms with E-state index >= 15 is 0 Å². The summed E-state index contributed by atoms with van der Waals surface area (Å²) in [4.78, 5) is 2.30. The van der Waals surface area contributed by atoms with E-state index in [2.05, 4.69) is 11.9 Å². The third-order valence-electron chi connectivity index (χ3n) is 4.46. The average molecular weight is 291 g/mol. The normalized spacial score (nSPS) is 24.6. The van der Waals surface area contributed by atoms with Crippen LogP contribution in [0.3, 0.4) is 0 Å². The number of benzene rings is 1. The molecule has 1 saturated heterocycles. The Morgan fingerprint density at radius 1 is 1.33 bits per heavy atom. The van der Waals surface area contributed by atoms with Gasteiger partial charge in [0.05, 0.1) is 12.7 Å². The molecule has 1 aliphatic carbocycles. The molecule has 21 heavy (non-hydrogen) atoms. The van der Waals surface area contributed by atoms with Crippen LogP contribution in [0.15, 0.2) is 18.2 Å². The third-order valence-corrected chi connectivity index (χ3v) is 4.46. The SMILES string of the molecule is COc1cc(CC2(O)CC2)ccc1OC1CCCN(C)C1. The Hall–Kier alpha value is -1.26. The molecule has 1 aliphatic heterocycles. The van der Waals surface area contributed by atoms with Crippen LogP contribution in [0.2, 0.25) is 0 Å². The van der Waals surface area contributed by atoms with Crippen LogP contribution in [-0.4, -0.2) is 49.0 Å². The maximum Gasteiger partial charge on any atom is 0.161 e. The monoisotopic (exact) mass is 291 g/mol. The second-order valence-electron chi connectivity index (χ2n) is 6.53. The van der Waals surface area contributed by atoms with E-state index in [1.165, 1.54) is 6.42 Å². The second kappa shape index (κ2) is 5.85. The van der Waals surface area contributed by atoms with Crippen LogP contribution in [-0.2, 0) is 6.42 Å². The van der Waals surface area contributed by atoms with Gasteiger partial charge >= 0.3 is 0 Å².